The summed E-state index contributed by atoms with van der Waals surface area (Å²) >= 11 is 3.24. The van der Waals surface area contributed by atoms with E-state index in [1.165, 1.54) is 0 Å². The first-order chi connectivity index (χ1) is 6.71. The quantitative estimate of drug-likeness (QED) is 0.781. The summed E-state index contributed by atoms with van der Waals surface area (Å²) in [7, 11) is 3.16. The van der Waals surface area contributed by atoms with Crippen LogP contribution in [0.2, 0.25) is 0 Å². The van der Waals surface area contributed by atoms with E-state index in [1.807, 2.05) is 0 Å². The van der Waals surface area contributed by atoms with Crippen LogP contribution in [0.5, 0.6) is 11.5 Å². The van der Waals surface area contributed by atoms with Gasteiger partial charge in [0.1, 0.15) is 16.3 Å². The monoisotopic (exact) mass is 255 g/mol. The van der Waals surface area contributed by atoms with Crippen molar-refractivity contribution in [2.75, 3.05) is 14.2 Å². The van der Waals surface area contributed by atoms with Crippen molar-refractivity contribution in [3.8, 4) is 17.6 Å². The van der Waals surface area contributed by atoms with Crippen LogP contribution < -0.4 is 9.47 Å². The van der Waals surface area contributed by atoms with Gasteiger partial charge in [-0.1, -0.05) is 15.9 Å². The zero-order chi connectivity index (χ0) is 10.6. The van der Waals surface area contributed by atoms with E-state index in [-0.39, 0.29) is 4.83 Å². The number of ether oxygens (including phenoxy) is 2. The van der Waals surface area contributed by atoms with E-state index in [0.29, 0.717) is 11.5 Å². The predicted octanol–water partition coefficient (Wildman–Crippen LogP) is 2.66. The third kappa shape index (κ3) is 2.39. The molecular formula is C10H10BrNO2. The number of rotatable bonds is 3. The summed E-state index contributed by atoms with van der Waals surface area (Å²) in [5.74, 6) is 1.36. The van der Waals surface area contributed by atoms with Crippen LogP contribution in [0.3, 0.4) is 0 Å². The SMILES string of the molecule is COc1cc(OC)cc(C(Br)C#N)c1. The van der Waals surface area contributed by atoms with Crippen molar-refractivity contribution in [2.24, 2.45) is 0 Å². The number of hydrogen-bond donors (Lipinski definition) is 0. The second-order valence-electron chi connectivity index (χ2n) is 2.64. The highest BCUT2D eigenvalue weighted by molar-refractivity contribution is 9.09. The molecule has 0 N–H and O–H groups in total. The molecule has 0 aromatic heterocycles. The van der Waals surface area contributed by atoms with Crippen molar-refractivity contribution >= 4 is 15.9 Å². The molecule has 1 atom stereocenters. The van der Waals surface area contributed by atoms with Crippen LogP contribution in [-0.4, -0.2) is 14.2 Å². The Balaban J connectivity index is 3.12. The fourth-order valence-corrected chi connectivity index (χ4v) is 1.31. The van der Waals surface area contributed by atoms with Crippen LogP contribution in [0.1, 0.15) is 10.4 Å². The van der Waals surface area contributed by atoms with Crippen LogP contribution in [-0.2, 0) is 0 Å². The molecule has 0 bridgehead atoms. The summed E-state index contributed by atoms with van der Waals surface area (Å²) in [5, 5.41) is 8.74. The summed E-state index contributed by atoms with van der Waals surface area (Å²) < 4.78 is 10.2. The van der Waals surface area contributed by atoms with Gasteiger partial charge in [-0.3, -0.25) is 0 Å². The molecule has 1 aromatic carbocycles. The van der Waals surface area contributed by atoms with Crippen molar-refractivity contribution in [3.05, 3.63) is 23.8 Å². The highest BCUT2D eigenvalue weighted by atomic mass is 79.9. The van der Waals surface area contributed by atoms with Gasteiger partial charge in [0, 0.05) is 6.07 Å². The van der Waals surface area contributed by atoms with Gasteiger partial charge in [0.2, 0.25) is 0 Å². The van der Waals surface area contributed by atoms with Gasteiger partial charge in [-0.2, -0.15) is 5.26 Å². The third-order valence-corrected chi connectivity index (χ3v) is 2.51. The van der Waals surface area contributed by atoms with E-state index in [9.17, 15) is 0 Å². The smallest absolute Gasteiger partial charge is 0.126 e. The first kappa shape index (κ1) is 10.9. The van der Waals surface area contributed by atoms with E-state index < -0.39 is 0 Å². The van der Waals surface area contributed by atoms with Crippen molar-refractivity contribution < 1.29 is 9.47 Å². The first-order valence-corrected chi connectivity index (χ1v) is 4.89. The van der Waals surface area contributed by atoms with E-state index in [1.54, 1.807) is 32.4 Å². The molecule has 0 amide bonds. The maximum Gasteiger partial charge on any atom is 0.126 e. The van der Waals surface area contributed by atoms with E-state index in [0.717, 1.165) is 5.56 Å². The molecule has 1 rings (SSSR count). The first-order valence-electron chi connectivity index (χ1n) is 3.98. The largest absolute Gasteiger partial charge is 0.497 e. The second-order valence-corrected chi connectivity index (χ2v) is 3.55. The Morgan fingerprint density at radius 3 is 2.07 bits per heavy atom. The lowest BCUT2D eigenvalue weighted by Crippen LogP contribution is -1.92. The van der Waals surface area contributed by atoms with Crippen molar-refractivity contribution in [1.82, 2.24) is 0 Å². The maximum atomic E-state index is 8.74. The second kappa shape index (κ2) is 4.87. The van der Waals surface area contributed by atoms with Crippen LogP contribution >= 0.6 is 15.9 Å². The lowest BCUT2D eigenvalue weighted by molar-refractivity contribution is 0.393. The molecule has 74 valence electrons. The minimum atomic E-state index is -0.341. The molecule has 1 unspecified atom stereocenters. The molecule has 4 heteroatoms. The lowest BCUT2D eigenvalue weighted by Gasteiger charge is -2.08. The normalized spacial score (nSPS) is 11.6. The lowest BCUT2D eigenvalue weighted by atomic mass is 10.1. The fourth-order valence-electron chi connectivity index (χ4n) is 1.05. The molecule has 0 spiro atoms. The Kier molecular flexibility index (Phi) is 3.78. The Bertz CT molecular complexity index is 337. The Hall–Kier alpha value is -1.21. The highest BCUT2D eigenvalue weighted by Crippen LogP contribution is 2.29. The maximum absolute atomic E-state index is 8.74. The standard InChI is InChI=1S/C10H10BrNO2/c1-13-8-3-7(10(11)6-12)4-9(5-8)14-2/h3-5,10H,1-2H3. The number of alkyl halides is 1. The molecule has 0 heterocycles. The van der Waals surface area contributed by atoms with Gasteiger partial charge in [-0.25, -0.2) is 0 Å². The summed E-state index contributed by atoms with van der Waals surface area (Å²) in [6, 6.07) is 7.45. The fraction of sp³-hybridized carbons (Fsp3) is 0.300. The van der Waals surface area contributed by atoms with Crippen molar-refractivity contribution in [3.63, 3.8) is 0 Å². The van der Waals surface area contributed by atoms with Gasteiger partial charge in [0.25, 0.3) is 0 Å². The minimum absolute atomic E-state index is 0.341. The van der Waals surface area contributed by atoms with Crippen molar-refractivity contribution in [2.45, 2.75) is 4.83 Å². The molecule has 0 fully saturated rings. The average molecular weight is 256 g/mol. The molecule has 0 aliphatic rings. The Morgan fingerprint density at radius 1 is 1.21 bits per heavy atom. The van der Waals surface area contributed by atoms with E-state index >= 15 is 0 Å². The number of hydrogen-bond acceptors (Lipinski definition) is 3. The Labute approximate surface area is 91.4 Å². The number of halogens is 1. The van der Waals surface area contributed by atoms with Gasteiger partial charge in [-0.15, -0.1) is 0 Å². The van der Waals surface area contributed by atoms with E-state index in [2.05, 4.69) is 22.0 Å². The van der Waals surface area contributed by atoms with Crippen LogP contribution in [0.4, 0.5) is 0 Å². The van der Waals surface area contributed by atoms with Crippen molar-refractivity contribution in [1.29, 1.82) is 5.26 Å². The number of methoxy groups -OCH3 is 2. The Morgan fingerprint density at radius 2 is 1.71 bits per heavy atom. The van der Waals surface area contributed by atoms with Gasteiger partial charge in [-0.05, 0) is 17.7 Å². The molecular weight excluding hydrogens is 246 g/mol. The number of benzene rings is 1. The summed E-state index contributed by atoms with van der Waals surface area (Å²) in [6.07, 6.45) is 0. The molecule has 0 saturated carbocycles. The topological polar surface area (TPSA) is 42.2 Å². The van der Waals surface area contributed by atoms with Gasteiger partial charge < -0.3 is 9.47 Å². The molecule has 14 heavy (non-hydrogen) atoms. The molecule has 0 radical (unpaired) electrons. The highest BCUT2D eigenvalue weighted by Gasteiger charge is 2.09. The molecule has 3 nitrogen and oxygen atoms in total. The summed E-state index contributed by atoms with van der Waals surface area (Å²) in [5.41, 5.74) is 0.823. The van der Waals surface area contributed by atoms with E-state index in [4.69, 9.17) is 14.7 Å². The van der Waals surface area contributed by atoms with Crippen LogP contribution in [0.25, 0.3) is 0 Å². The molecule has 0 aliphatic heterocycles. The van der Waals surface area contributed by atoms with Gasteiger partial charge in [0.15, 0.2) is 0 Å². The number of nitriles is 1. The zero-order valence-corrected chi connectivity index (χ0v) is 9.54. The van der Waals surface area contributed by atoms with Gasteiger partial charge >= 0.3 is 0 Å². The minimum Gasteiger partial charge on any atom is -0.497 e. The third-order valence-electron chi connectivity index (χ3n) is 1.78. The molecule has 0 aliphatic carbocycles. The summed E-state index contributed by atoms with van der Waals surface area (Å²) in [6.45, 7) is 0. The average Bonchev–Trinajstić information content (AvgIpc) is 2.27. The van der Waals surface area contributed by atoms with Crippen LogP contribution in [0, 0.1) is 11.3 Å². The summed E-state index contributed by atoms with van der Waals surface area (Å²) in [4.78, 5) is -0.341. The molecule has 0 saturated heterocycles. The van der Waals surface area contributed by atoms with Gasteiger partial charge in [0.05, 0.1) is 20.3 Å². The number of nitrogens with zero attached hydrogens (tertiary/aromatic N) is 1. The predicted molar refractivity (Wildman–Crippen MR) is 56.8 cm³/mol. The molecule has 1 aromatic rings. The zero-order valence-electron chi connectivity index (χ0n) is 7.95. The van der Waals surface area contributed by atoms with Crippen LogP contribution in [0.15, 0.2) is 18.2 Å².